The van der Waals surface area contributed by atoms with Gasteiger partial charge >= 0.3 is 0 Å². The summed E-state index contributed by atoms with van der Waals surface area (Å²) in [7, 11) is 0. The van der Waals surface area contributed by atoms with Gasteiger partial charge in [-0.2, -0.15) is 0 Å². The first-order valence-electron chi connectivity index (χ1n) is 5.04. The normalized spacial score (nSPS) is 20.4. The second kappa shape index (κ2) is 5.98. The largest absolute Gasteiger partial charge is 0.395 e. The van der Waals surface area contributed by atoms with Gasteiger partial charge in [0.1, 0.15) is 0 Å². The standard InChI is InChI=1S/C10H18N2OS/c1-8-2-3-9(6-8)7-12-10(14)11-4-5-13/h6,8,13H,2-5,7H2,1H3,(H2,11,12,14). The third kappa shape index (κ3) is 4.07. The van der Waals surface area contributed by atoms with Crippen LogP contribution < -0.4 is 10.6 Å². The van der Waals surface area contributed by atoms with Gasteiger partial charge in [-0.25, -0.2) is 0 Å². The first-order chi connectivity index (χ1) is 6.72. The number of allylic oxidation sites excluding steroid dienone is 1. The molecule has 0 aromatic heterocycles. The molecule has 0 radical (unpaired) electrons. The van der Waals surface area contributed by atoms with Crippen molar-refractivity contribution in [1.82, 2.24) is 10.6 Å². The minimum absolute atomic E-state index is 0.113. The molecule has 4 heteroatoms. The molecule has 0 saturated carbocycles. The van der Waals surface area contributed by atoms with Crippen LogP contribution in [0.4, 0.5) is 0 Å². The SMILES string of the molecule is CC1C=C(CNC(=S)NCCO)CC1. The van der Waals surface area contributed by atoms with Crippen LogP contribution in [0, 0.1) is 5.92 Å². The van der Waals surface area contributed by atoms with Crippen LogP contribution in [0.1, 0.15) is 19.8 Å². The van der Waals surface area contributed by atoms with Crippen LogP contribution >= 0.6 is 12.2 Å². The van der Waals surface area contributed by atoms with E-state index < -0.39 is 0 Å². The molecule has 0 saturated heterocycles. The molecule has 1 rings (SSSR count). The number of rotatable bonds is 4. The van der Waals surface area contributed by atoms with E-state index >= 15 is 0 Å². The molecule has 1 aliphatic rings. The quantitative estimate of drug-likeness (QED) is 0.478. The molecular formula is C10H18N2OS. The van der Waals surface area contributed by atoms with Crippen molar-refractivity contribution in [2.75, 3.05) is 19.7 Å². The molecule has 0 heterocycles. The fourth-order valence-corrected chi connectivity index (χ4v) is 1.73. The number of nitrogens with one attached hydrogen (secondary N) is 2. The van der Waals surface area contributed by atoms with Crippen LogP contribution in [0.25, 0.3) is 0 Å². The van der Waals surface area contributed by atoms with E-state index in [1.54, 1.807) is 0 Å². The van der Waals surface area contributed by atoms with Crippen LogP contribution in [-0.2, 0) is 0 Å². The van der Waals surface area contributed by atoms with E-state index in [1.807, 2.05) is 0 Å². The fraction of sp³-hybridized carbons (Fsp3) is 0.700. The van der Waals surface area contributed by atoms with Crippen LogP contribution in [0.5, 0.6) is 0 Å². The van der Waals surface area contributed by atoms with Crippen molar-refractivity contribution < 1.29 is 5.11 Å². The molecule has 3 nitrogen and oxygen atoms in total. The Morgan fingerprint density at radius 3 is 3.00 bits per heavy atom. The van der Waals surface area contributed by atoms with Gasteiger partial charge < -0.3 is 15.7 Å². The molecule has 3 N–H and O–H groups in total. The summed E-state index contributed by atoms with van der Waals surface area (Å²) in [6.07, 6.45) is 4.74. The second-order valence-corrected chi connectivity index (χ2v) is 4.08. The Balaban J connectivity index is 2.14. The fourth-order valence-electron chi connectivity index (χ4n) is 1.56. The molecule has 1 unspecified atom stereocenters. The Kier molecular flexibility index (Phi) is 4.90. The Labute approximate surface area is 90.6 Å². The number of hydrogen-bond donors (Lipinski definition) is 3. The molecule has 14 heavy (non-hydrogen) atoms. The molecular weight excluding hydrogens is 196 g/mol. The zero-order valence-corrected chi connectivity index (χ0v) is 9.36. The smallest absolute Gasteiger partial charge is 0.166 e. The van der Waals surface area contributed by atoms with E-state index in [1.165, 1.54) is 18.4 Å². The van der Waals surface area contributed by atoms with Crippen LogP contribution in [0.2, 0.25) is 0 Å². The number of aliphatic hydroxyl groups is 1. The summed E-state index contributed by atoms with van der Waals surface area (Å²) in [5.74, 6) is 0.714. The van der Waals surface area contributed by atoms with Crippen molar-refractivity contribution >= 4 is 17.3 Å². The molecule has 0 aromatic carbocycles. The lowest BCUT2D eigenvalue weighted by Gasteiger charge is -2.09. The molecule has 0 aliphatic heterocycles. The van der Waals surface area contributed by atoms with Crippen LogP contribution in [0.15, 0.2) is 11.6 Å². The highest BCUT2D eigenvalue weighted by atomic mass is 32.1. The van der Waals surface area contributed by atoms with Gasteiger partial charge in [0, 0.05) is 13.1 Å². The zero-order valence-electron chi connectivity index (χ0n) is 8.55. The van der Waals surface area contributed by atoms with Crippen LogP contribution in [0.3, 0.4) is 0 Å². The third-order valence-electron chi connectivity index (χ3n) is 2.31. The maximum atomic E-state index is 8.57. The monoisotopic (exact) mass is 214 g/mol. The van der Waals surface area contributed by atoms with E-state index in [2.05, 4.69) is 23.6 Å². The predicted molar refractivity (Wildman–Crippen MR) is 62.2 cm³/mol. The molecule has 1 atom stereocenters. The van der Waals surface area contributed by atoms with Gasteiger partial charge in [0.05, 0.1) is 6.61 Å². The highest BCUT2D eigenvalue weighted by Gasteiger charge is 2.10. The van der Waals surface area contributed by atoms with Crippen molar-refractivity contribution in [3.63, 3.8) is 0 Å². The van der Waals surface area contributed by atoms with Gasteiger partial charge in [-0.15, -0.1) is 0 Å². The molecule has 0 bridgehead atoms. The van der Waals surface area contributed by atoms with Gasteiger partial charge in [-0.05, 0) is 31.0 Å². The molecule has 1 aliphatic carbocycles. The van der Waals surface area contributed by atoms with E-state index in [0.29, 0.717) is 17.6 Å². The summed E-state index contributed by atoms with van der Waals surface area (Å²) in [6.45, 7) is 3.69. The van der Waals surface area contributed by atoms with E-state index in [-0.39, 0.29) is 6.61 Å². The van der Waals surface area contributed by atoms with E-state index in [0.717, 1.165) is 6.54 Å². The lowest BCUT2D eigenvalue weighted by Crippen LogP contribution is -2.37. The van der Waals surface area contributed by atoms with Crippen LogP contribution in [-0.4, -0.2) is 29.9 Å². The zero-order chi connectivity index (χ0) is 10.4. The predicted octanol–water partition coefficient (Wildman–Crippen LogP) is 0.799. The van der Waals surface area contributed by atoms with Gasteiger partial charge in [0.2, 0.25) is 0 Å². The van der Waals surface area contributed by atoms with Gasteiger partial charge in [-0.1, -0.05) is 18.6 Å². The minimum Gasteiger partial charge on any atom is -0.395 e. The van der Waals surface area contributed by atoms with Gasteiger partial charge in [-0.3, -0.25) is 0 Å². The summed E-state index contributed by atoms with van der Waals surface area (Å²) >= 11 is 5.02. The lowest BCUT2D eigenvalue weighted by molar-refractivity contribution is 0.300. The third-order valence-corrected chi connectivity index (χ3v) is 2.60. The Bertz CT molecular complexity index is 228. The topological polar surface area (TPSA) is 44.3 Å². The summed E-state index contributed by atoms with van der Waals surface area (Å²) in [5, 5.41) is 15.2. The highest BCUT2D eigenvalue weighted by Crippen LogP contribution is 2.22. The molecule has 0 fully saturated rings. The first kappa shape index (κ1) is 11.5. The van der Waals surface area contributed by atoms with Crippen molar-refractivity contribution in [2.45, 2.75) is 19.8 Å². The molecule has 0 aromatic rings. The Morgan fingerprint density at radius 2 is 2.43 bits per heavy atom. The summed E-state index contributed by atoms with van der Waals surface area (Å²) in [4.78, 5) is 0. The number of thiocarbonyl (C=S) groups is 1. The maximum absolute atomic E-state index is 8.57. The number of hydrogen-bond acceptors (Lipinski definition) is 2. The van der Waals surface area contributed by atoms with Crippen molar-refractivity contribution in [3.8, 4) is 0 Å². The average Bonchev–Trinajstić information content (AvgIpc) is 2.58. The summed E-state index contributed by atoms with van der Waals surface area (Å²) in [5.41, 5.74) is 1.44. The van der Waals surface area contributed by atoms with Crippen molar-refractivity contribution in [3.05, 3.63) is 11.6 Å². The molecule has 0 amide bonds. The maximum Gasteiger partial charge on any atom is 0.166 e. The highest BCUT2D eigenvalue weighted by molar-refractivity contribution is 7.80. The molecule has 0 spiro atoms. The summed E-state index contributed by atoms with van der Waals surface area (Å²) < 4.78 is 0. The lowest BCUT2D eigenvalue weighted by atomic mass is 10.2. The summed E-state index contributed by atoms with van der Waals surface area (Å²) in [6, 6.07) is 0. The first-order valence-corrected chi connectivity index (χ1v) is 5.45. The van der Waals surface area contributed by atoms with E-state index in [9.17, 15) is 0 Å². The minimum atomic E-state index is 0.113. The van der Waals surface area contributed by atoms with Gasteiger partial charge in [0.15, 0.2) is 5.11 Å². The second-order valence-electron chi connectivity index (χ2n) is 3.67. The number of aliphatic hydroxyl groups excluding tert-OH is 1. The Hall–Kier alpha value is -0.610. The average molecular weight is 214 g/mol. The Morgan fingerprint density at radius 1 is 1.64 bits per heavy atom. The molecule has 80 valence electrons. The van der Waals surface area contributed by atoms with Gasteiger partial charge in [0.25, 0.3) is 0 Å². The van der Waals surface area contributed by atoms with E-state index in [4.69, 9.17) is 17.3 Å². The van der Waals surface area contributed by atoms with Crippen molar-refractivity contribution in [2.24, 2.45) is 5.92 Å². The van der Waals surface area contributed by atoms with Crippen molar-refractivity contribution in [1.29, 1.82) is 0 Å².